The van der Waals surface area contributed by atoms with Gasteiger partial charge in [0.05, 0.1) is 6.54 Å². The average molecular weight is 364 g/mol. The van der Waals surface area contributed by atoms with E-state index in [1.807, 2.05) is 6.07 Å². The lowest BCUT2D eigenvalue weighted by molar-refractivity contribution is -0.155. The molecule has 9 heteroatoms. The van der Waals surface area contributed by atoms with Crippen LogP contribution in [0.1, 0.15) is 31.7 Å². The molecule has 0 spiro atoms. The van der Waals surface area contributed by atoms with Crippen molar-refractivity contribution >= 4 is 17.5 Å². The number of anilines is 2. The van der Waals surface area contributed by atoms with Crippen LogP contribution in [0.4, 0.5) is 16.3 Å². The van der Waals surface area contributed by atoms with Crippen LogP contribution < -0.4 is 10.2 Å². The highest BCUT2D eigenvalue weighted by molar-refractivity contribution is 5.92. The zero-order valence-corrected chi connectivity index (χ0v) is 14.6. The third-order valence-corrected chi connectivity index (χ3v) is 5.46. The monoisotopic (exact) mass is 364 g/mol. The van der Waals surface area contributed by atoms with E-state index in [9.17, 15) is 20.1 Å². The number of urea groups is 1. The minimum absolute atomic E-state index is 0.168. The van der Waals surface area contributed by atoms with E-state index in [1.165, 1.54) is 18.2 Å². The number of hydrogen-bond acceptors (Lipinski definition) is 7. The number of pyridine rings is 1. The van der Waals surface area contributed by atoms with E-state index >= 15 is 0 Å². The summed E-state index contributed by atoms with van der Waals surface area (Å²) in [6.45, 7) is 3.40. The quantitative estimate of drug-likeness (QED) is 0.592. The van der Waals surface area contributed by atoms with Crippen molar-refractivity contribution in [1.29, 1.82) is 0 Å². The van der Waals surface area contributed by atoms with Crippen molar-refractivity contribution in [2.75, 3.05) is 23.3 Å². The number of nitrogens with zero attached hydrogens (tertiary/aromatic N) is 3. The molecular formula is C17H24N4O5. The van der Waals surface area contributed by atoms with Crippen LogP contribution >= 0.6 is 0 Å². The summed E-state index contributed by atoms with van der Waals surface area (Å²) in [7, 11) is 0. The van der Waals surface area contributed by atoms with Gasteiger partial charge in [-0.3, -0.25) is 10.2 Å². The smallest absolute Gasteiger partial charge is 0.325 e. The van der Waals surface area contributed by atoms with Crippen LogP contribution in [0.3, 0.4) is 0 Å². The molecule has 4 atom stereocenters. The Morgan fingerprint density at radius 2 is 2.04 bits per heavy atom. The highest BCUT2D eigenvalue weighted by Gasteiger charge is 2.56. The normalized spacial score (nSPS) is 34.6. The van der Waals surface area contributed by atoms with E-state index in [-0.39, 0.29) is 6.54 Å². The Balaban J connectivity index is 1.66. The van der Waals surface area contributed by atoms with Crippen LogP contribution in [0.15, 0.2) is 12.3 Å². The van der Waals surface area contributed by atoms with Gasteiger partial charge >= 0.3 is 6.03 Å². The molecule has 1 unspecified atom stereocenters. The number of fused-ring (bicyclic) bond motifs is 1. The maximum atomic E-state index is 12.5. The molecule has 0 radical (unpaired) electrons. The predicted octanol–water partition coefficient (Wildman–Crippen LogP) is 0.206. The molecule has 4 rings (SSSR count). The predicted molar refractivity (Wildman–Crippen MR) is 92.4 cm³/mol. The van der Waals surface area contributed by atoms with Crippen molar-refractivity contribution in [3.8, 4) is 0 Å². The van der Waals surface area contributed by atoms with Gasteiger partial charge in [-0.25, -0.2) is 9.78 Å². The van der Waals surface area contributed by atoms with Crippen LogP contribution in [0, 0.1) is 0 Å². The summed E-state index contributed by atoms with van der Waals surface area (Å²) >= 11 is 0. The second-order valence-corrected chi connectivity index (χ2v) is 7.31. The molecule has 2 fully saturated rings. The number of aliphatic hydroxyl groups is 3. The maximum Gasteiger partial charge on any atom is 0.325 e. The van der Waals surface area contributed by atoms with Crippen molar-refractivity contribution in [3.05, 3.63) is 17.8 Å². The Hall–Kier alpha value is -1.94. The van der Waals surface area contributed by atoms with E-state index < -0.39 is 30.3 Å². The molecule has 142 valence electrons. The van der Waals surface area contributed by atoms with Crippen molar-refractivity contribution < 1.29 is 24.9 Å². The molecule has 2 amide bonds. The second kappa shape index (κ2) is 6.34. The Bertz CT molecular complexity index is 706. The molecule has 1 aromatic heterocycles. The zero-order chi connectivity index (χ0) is 18.5. The topological polar surface area (TPSA) is 118 Å². The van der Waals surface area contributed by atoms with Gasteiger partial charge in [0.15, 0.2) is 12.5 Å². The molecule has 0 saturated carbocycles. The summed E-state index contributed by atoms with van der Waals surface area (Å²) in [5.41, 5.74) is 0.0459. The summed E-state index contributed by atoms with van der Waals surface area (Å²) in [5.74, 6) is 0.494. The minimum atomic E-state index is -1.79. The molecule has 26 heavy (non-hydrogen) atoms. The van der Waals surface area contributed by atoms with Crippen LogP contribution in [0.25, 0.3) is 0 Å². The van der Waals surface area contributed by atoms with Crippen molar-refractivity contribution in [1.82, 2.24) is 9.88 Å². The van der Waals surface area contributed by atoms with E-state index in [2.05, 4.69) is 15.2 Å². The third-order valence-electron chi connectivity index (χ3n) is 5.46. The summed E-state index contributed by atoms with van der Waals surface area (Å²) < 4.78 is 5.29. The first kappa shape index (κ1) is 17.5. The van der Waals surface area contributed by atoms with Crippen LogP contribution in [-0.4, -0.2) is 68.5 Å². The number of ether oxygens (including phenoxy) is 1. The SMILES string of the molecule is C[C@@]1(O)[C@H](O)C(O)O[C@H]1N1Cc2c(N3CCCCC3)ccnc2NC1=O. The maximum absolute atomic E-state index is 12.5. The number of rotatable bonds is 2. The summed E-state index contributed by atoms with van der Waals surface area (Å²) in [4.78, 5) is 20.4. The molecule has 3 aliphatic rings. The Labute approximate surface area is 151 Å². The zero-order valence-electron chi connectivity index (χ0n) is 14.6. The number of nitrogens with one attached hydrogen (secondary N) is 1. The molecule has 4 N–H and O–H groups in total. The van der Waals surface area contributed by atoms with Gasteiger partial charge in [0.25, 0.3) is 0 Å². The van der Waals surface area contributed by atoms with Gasteiger partial charge in [-0.2, -0.15) is 0 Å². The largest absolute Gasteiger partial charge is 0.385 e. The third kappa shape index (κ3) is 2.71. The molecule has 2 saturated heterocycles. The number of aliphatic hydroxyl groups excluding tert-OH is 2. The molecule has 9 nitrogen and oxygen atoms in total. The molecule has 4 heterocycles. The first-order chi connectivity index (χ1) is 12.4. The molecule has 0 aromatic carbocycles. The summed E-state index contributed by atoms with van der Waals surface area (Å²) in [6.07, 6.45) is 0.889. The Morgan fingerprint density at radius 3 is 2.69 bits per heavy atom. The Morgan fingerprint density at radius 1 is 1.31 bits per heavy atom. The highest BCUT2D eigenvalue weighted by Crippen LogP contribution is 2.38. The number of amides is 2. The van der Waals surface area contributed by atoms with Gasteiger partial charge in [-0.15, -0.1) is 0 Å². The fourth-order valence-corrected chi connectivity index (χ4v) is 3.95. The lowest BCUT2D eigenvalue weighted by Crippen LogP contribution is -2.56. The first-order valence-corrected chi connectivity index (χ1v) is 8.94. The highest BCUT2D eigenvalue weighted by atomic mass is 16.7. The van der Waals surface area contributed by atoms with Gasteiger partial charge in [0.1, 0.15) is 17.5 Å². The van der Waals surface area contributed by atoms with Crippen molar-refractivity contribution in [2.45, 2.75) is 57.0 Å². The van der Waals surface area contributed by atoms with E-state index in [0.717, 1.165) is 37.2 Å². The molecule has 1 aromatic rings. The lowest BCUT2D eigenvalue weighted by Gasteiger charge is -2.39. The molecule has 0 bridgehead atoms. The van der Waals surface area contributed by atoms with Crippen LogP contribution in [0.5, 0.6) is 0 Å². The summed E-state index contributed by atoms with van der Waals surface area (Å²) in [5, 5.41) is 33.0. The number of carbonyl (C=O) groups is 1. The van der Waals surface area contributed by atoms with Gasteiger partial charge in [0, 0.05) is 30.5 Å². The van der Waals surface area contributed by atoms with Gasteiger partial charge in [-0.05, 0) is 32.3 Å². The molecule has 0 aliphatic carbocycles. The lowest BCUT2D eigenvalue weighted by atomic mass is 9.98. The number of hydrogen-bond donors (Lipinski definition) is 4. The standard InChI is InChI=1S/C17H24N4O5/c1-17(25)12(22)14(23)26-15(17)21-9-10-11(20-7-3-2-4-8-20)5-6-18-13(10)19-16(21)24/h5-6,12,14-15,22-23,25H,2-4,7-9H2,1H3,(H,18,19,24)/t12-,14?,15-,17-/m1/s1. The van der Waals surface area contributed by atoms with Crippen LogP contribution in [-0.2, 0) is 11.3 Å². The number of carbonyl (C=O) groups excluding carboxylic acids is 1. The second-order valence-electron chi connectivity index (χ2n) is 7.31. The van der Waals surface area contributed by atoms with E-state index in [1.54, 1.807) is 6.20 Å². The van der Waals surface area contributed by atoms with Gasteiger partial charge in [0.2, 0.25) is 0 Å². The van der Waals surface area contributed by atoms with Crippen molar-refractivity contribution in [3.63, 3.8) is 0 Å². The number of piperidine rings is 1. The molecule has 3 aliphatic heterocycles. The Kier molecular flexibility index (Phi) is 4.26. The van der Waals surface area contributed by atoms with Crippen LogP contribution in [0.2, 0.25) is 0 Å². The van der Waals surface area contributed by atoms with Gasteiger partial charge < -0.3 is 25.0 Å². The fraction of sp³-hybridized carbons (Fsp3) is 0.647. The fourth-order valence-electron chi connectivity index (χ4n) is 3.95. The molecular weight excluding hydrogens is 340 g/mol. The van der Waals surface area contributed by atoms with E-state index in [4.69, 9.17) is 4.74 Å². The first-order valence-electron chi connectivity index (χ1n) is 8.94. The summed E-state index contributed by atoms with van der Waals surface area (Å²) in [6, 6.07) is 1.43. The van der Waals surface area contributed by atoms with Crippen molar-refractivity contribution in [2.24, 2.45) is 0 Å². The average Bonchev–Trinajstić information content (AvgIpc) is 2.84. The minimum Gasteiger partial charge on any atom is -0.385 e. The van der Waals surface area contributed by atoms with E-state index in [0.29, 0.717) is 5.82 Å². The van der Waals surface area contributed by atoms with Gasteiger partial charge in [-0.1, -0.05) is 0 Å². The number of aromatic nitrogens is 1.